The van der Waals surface area contributed by atoms with Crippen LogP contribution in [0.3, 0.4) is 0 Å². The molecule has 3 rings (SSSR count). The summed E-state index contributed by atoms with van der Waals surface area (Å²) in [6, 6.07) is 7.39. The van der Waals surface area contributed by atoms with Gasteiger partial charge in [0.2, 0.25) is 5.91 Å². The molecule has 1 aromatic carbocycles. The van der Waals surface area contributed by atoms with Crippen LogP contribution in [0.25, 0.3) is 0 Å². The Labute approximate surface area is 150 Å². The molecule has 0 bridgehead atoms. The molecule has 1 unspecified atom stereocenters. The van der Waals surface area contributed by atoms with Crippen molar-refractivity contribution < 1.29 is 4.79 Å². The van der Waals surface area contributed by atoms with Crippen LogP contribution in [0.15, 0.2) is 18.2 Å². The van der Waals surface area contributed by atoms with Crippen molar-refractivity contribution in [1.82, 2.24) is 10.2 Å². The van der Waals surface area contributed by atoms with Gasteiger partial charge in [0.05, 0.1) is 0 Å². The summed E-state index contributed by atoms with van der Waals surface area (Å²) in [5, 5.41) is 3.48. The molecule has 0 spiro atoms. The van der Waals surface area contributed by atoms with Crippen molar-refractivity contribution in [2.75, 3.05) is 18.1 Å². The number of benzene rings is 1. The van der Waals surface area contributed by atoms with Crippen LogP contribution < -0.4 is 5.32 Å². The van der Waals surface area contributed by atoms with Gasteiger partial charge in [0.15, 0.2) is 0 Å². The van der Waals surface area contributed by atoms with Gasteiger partial charge in [0.25, 0.3) is 0 Å². The molecule has 1 atom stereocenters. The summed E-state index contributed by atoms with van der Waals surface area (Å²) in [6.07, 6.45) is 2.99. The van der Waals surface area contributed by atoms with Crippen molar-refractivity contribution in [2.24, 2.45) is 0 Å². The Balaban J connectivity index is 0.00000192. The van der Waals surface area contributed by atoms with Gasteiger partial charge in [-0.15, -0.1) is 12.4 Å². The molecular formula is C18H27ClN2OS. The lowest BCUT2D eigenvalue weighted by Gasteiger charge is -2.28. The molecule has 1 heterocycles. The fraction of sp³-hybridized carbons (Fsp3) is 0.611. The predicted octanol–water partition coefficient (Wildman–Crippen LogP) is 3.31. The minimum Gasteiger partial charge on any atom is -0.335 e. The van der Waals surface area contributed by atoms with Crippen molar-refractivity contribution in [3.8, 4) is 0 Å². The smallest absolute Gasteiger partial charge is 0.224 e. The van der Waals surface area contributed by atoms with E-state index >= 15 is 0 Å². The molecule has 1 saturated heterocycles. The maximum absolute atomic E-state index is 12.7. The molecule has 1 N–H and O–H groups in total. The van der Waals surface area contributed by atoms with E-state index in [0.717, 1.165) is 18.8 Å². The van der Waals surface area contributed by atoms with Crippen molar-refractivity contribution in [1.29, 1.82) is 0 Å². The van der Waals surface area contributed by atoms with Crippen LogP contribution in [0.2, 0.25) is 0 Å². The molecule has 1 aliphatic heterocycles. The Bertz CT molecular complexity index is 542. The van der Waals surface area contributed by atoms with Gasteiger partial charge in [-0.1, -0.05) is 18.2 Å². The van der Waals surface area contributed by atoms with E-state index in [-0.39, 0.29) is 12.4 Å². The van der Waals surface area contributed by atoms with Crippen LogP contribution in [-0.4, -0.2) is 40.9 Å². The highest BCUT2D eigenvalue weighted by atomic mass is 35.5. The van der Waals surface area contributed by atoms with Gasteiger partial charge < -0.3 is 10.2 Å². The Kier molecular flexibility index (Phi) is 6.81. The Morgan fingerprint density at radius 3 is 2.70 bits per heavy atom. The number of carbonyl (C=O) groups is 1. The lowest BCUT2D eigenvalue weighted by molar-refractivity contribution is -0.132. The number of hydrogen-bond donors (Lipinski definition) is 1. The van der Waals surface area contributed by atoms with E-state index in [1.165, 1.54) is 35.3 Å². The molecule has 1 aromatic rings. The summed E-state index contributed by atoms with van der Waals surface area (Å²) in [5.41, 5.74) is 3.89. The predicted molar refractivity (Wildman–Crippen MR) is 100 cm³/mol. The maximum atomic E-state index is 12.7. The van der Waals surface area contributed by atoms with Crippen molar-refractivity contribution in [2.45, 2.75) is 51.7 Å². The zero-order valence-electron chi connectivity index (χ0n) is 14.0. The minimum atomic E-state index is 0. The average Bonchev–Trinajstić information content (AvgIpc) is 3.34. The number of carbonyl (C=O) groups excluding carboxylic acids is 1. The molecule has 23 heavy (non-hydrogen) atoms. The van der Waals surface area contributed by atoms with Gasteiger partial charge in [-0.3, -0.25) is 4.79 Å². The number of thioether (sulfide) groups is 1. The summed E-state index contributed by atoms with van der Waals surface area (Å²) in [5.74, 6) is 2.55. The van der Waals surface area contributed by atoms with E-state index in [4.69, 9.17) is 0 Å². The molecule has 0 radical (unpaired) electrons. The zero-order chi connectivity index (χ0) is 15.5. The third kappa shape index (κ3) is 5.13. The third-order valence-corrected chi connectivity index (χ3v) is 5.78. The van der Waals surface area contributed by atoms with Crippen LogP contribution >= 0.6 is 24.2 Å². The Hall–Kier alpha value is -0.710. The molecule has 2 fully saturated rings. The number of nitrogens with zero attached hydrogens (tertiary/aromatic N) is 1. The first-order chi connectivity index (χ1) is 10.6. The van der Waals surface area contributed by atoms with E-state index in [1.54, 1.807) is 0 Å². The highest BCUT2D eigenvalue weighted by Crippen LogP contribution is 2.29. The summed E-state index contributed by atoms with van der Waals surface area (Å²) >= 11 is 1.96. The van der Waals surface area contributed by atoms with Gasteiger partial charge in [-0.25, -0.2) is 0 Å². The first-order valence-electron chi connectivity index (χ1n) is 8.30. The topological polar surface area (TPSA) is 32.3 Å². The molecule has 1 amide bonds. The summed E-state index contributed by atoms with van der Waals surface area (Å²) in [7, 11) is 0. The monoisotopic (exact) mass is 354 g/mol. The second-order valence-corrected chi connectivity index (χ2v) is 7.75. The second kappa shape index (κ2) is 8.41. The van der Waals surface area contributed by atoms with Crippen LogP contribution in [-0.2, 0) is 11.3 Å². The van der Waals surface area contributed by atoms with E-state index in [2.05, 4.69) is 42.3 Å². The fourth-order valence-corrected chi connectivity index (χ4v) is 3.93. The summed E-state index contributed by atoms with van der Waals surface area (Å²) in [4.78, 5) is 14.8. The van der Waals surface area contributed by atoms with E-state index in [1.807, 2.05) is 11.8 Å². The average molecular weight is 355 g/mol. The highest BCUT2D eigenvalue weighted by molar-refractivity contribution is 7.99. The normalized spacial score (nSPS) is 20.7. The molecule has 3 nitrogen and oxygen atoms in total. The van der Waals surface area contributed by atoms with Crippen LogP contribution in [0.5, 0.6) is 0 Å². The molecule has 0 aromatic heterocycles. The van der Waals surface area contributed by atoms with Crippen LogP contribution in [0, 0.1) is 13.8 Å². The van der Waals surface area contributed by atoms with E-state index < -0.39 is 0 Å². The first-order valence-corrected chi connectivity index (χ1v) is 9.45. The quantitative estimate of drug-likeness (QED) is 0.880. The second-order valence-electron chi connectivity index (χ2n) is 6.60. The highest BCUT2D eigenvalue weighted by Gasteiger charge is 2.33. The maximum Gasteiger partial charge on any atom is 0.224 e. The van der Waals surface area contributed by atoms with Crippen molar-refractivity contribution >= 4 is 30.1 Å². The van der Waals surface area contributed by atoms with E-state index in [9.17, 15) is 4.79 Å². The Morgan fingerprint density at radius 2 is 2.09 bits per heavy atom. The standard InChI is InChI=1S/C18H26N2OS.ClH/c1-13-3-4-15(9-14(13)2)11-20(17-5-6-17)18(21)10-16-12-22-8-7-19-16;/h3-4,9,16-17,19H,5-8,10-12H2,1-2H3;1H. The number of nitrogens with one attached hydrogen (secondary N) is 1. The summed E-state index contributed by atoms with van der Waals surface area (Å²) < 4.78 is 0. The molecule has 128 valence electrons. The van der Waals surface area contributed by atoms with E-state index in [0.29, 0.717) is 24.4 Å². The van der Waals surface area contributed by atoms with Crippen LogP contribution in [0.1, 0.15) is 36.0 Å². The van der Waals surface area contributed by atoms with Crippen molar-refractivity contribution in [3.63, 3.8) is 0 Å². The molecular weight excluding hydrogens is 328 g/mol. The minimum absolute atomic E-state index is 0. The lowest BCUT2D eigenvalue weighted by atomic mass is 10.1. The third-order valence-electron chi connectivity index (χ3n) is 4.65. The molecule has 5 heteroatoms. The largest absolute Gasteiger partial charge is 0.335 e. The van der Waals surface area contributed by atoms with Gasteiger partial charge >= 0.3 is 0 Å². The number of aryl methyl sites for hydroxylation is 2. The molecule has 1 aliphatic carbocycles. The van der Waals surface area contributed by atoms with Gasteiger partial charge in [0.1, 0.15) is 0 Å². The fourth-order valence-electron chi connectivity index (χ4n) is 2.98. The number of rotatable bonds is 5. The first kappa shape index (κ1) is 18.6. The number of hydrogen-bond acceptors (Lipinski definition) is 3. The number of amides is 1. The van der Waals surface area contributed by atoms with Gasteiger partial charge in [-0.2, -0.15) is 11.8 Å². The lowest BCUT2D eigenvalue weighted by Crippen LogP contribution is -2.43. The zero-order valence-corrected chi connectivity index (χ0v) is 15.6. The summed E-state index contributed by atoms with van der Waals surface area (Å²) in [6.45, 7) is 6.08. The van der Waals surface area contributed by atoms with Gasteiger partial charge in [0, 0.05) is 43.1 Å². The van der Waals surface area contributed by atoms with Gasteiger partial charge in [-0.05, 0) is 43.4 Å². The SMILES string of the molecule is Cc1ccc(CN(C(=O)CC2CSCCN2)C2CC2)cc1C.Cl. The number of halogens is 1. The molecule has 2 aliphatic rings. The Morgan fingerprint density at radius 1 is 1.30 bits per heavy atom. The van der Waals surface area contributed by atoms with Crippen molar-refractivity contribution in [3.05, 3.63) is 34.9 Å². The molecule has 1 saturated carbocycles. The van der Waals surface area contributed by atoms with Crippen LogP contribution in [0.4, 0.5) is 0 Å².